The summed E-state index contributed by atoms with van der Waals surface area (Å²) in [6.07, 6.45) is 0.630. The zero-order valence-corrected chi connectivity index (χ0v) is 20.1. The van der Waals surface area contributed by atoms with Gasteiger partial charge in [-0.25, -0.2) is 9.59 Å². The number of aliphatic hydroxyl groups excluding tert-OH is 1. The summed E-state index contributed by atoms with van der Waals surface area (Å²) in [5, 5.41) is 11.6. The number of anilines is 1. The predicted molar refractivity (Wildman–Crippen MR) is 124 cm³/mol. The lowest BCUT2D eigenvalue weighted by Crippen LogP contribution is -2.39. The van der Waals surface area contributed by atoms with Gasteiger partial charge in [-0.3, -0.25) is 4.98 Å². The molecule has 0 saturated heterocycles. The van der Waals surface area contributed by atoms with E-state index in [0.717, 1.165) is 4.47 Å². The van der Waals surface area contributed by atoms with Crippen molar-refractivity contribution in [3.63, 3.8) is 0 Å². The number of pyridine rings is 1. The van der Waals surface area contributed by atoms with Gasteiger partial charge in [0.15, 0.2) is 5.76 Å². The van der Waals surface area contributed by atoms with E-state index in [9.17, 15) is 14.7 Å². The maximum atomic E-state index is 13.0. The molecule has 0 saturated carbocycles. The second kappa shape index (κ2) is 8.99. The first-order chi connectivity index (χ1) is 15.8. The molecular weight excluding hydrogens is 492 g/mol. The van der Waals surface area contributed by atoms with E-state index in [-0.39, 0.29) is 23.1 Å². The normalized spacial score (nSPS) is 17.2. The fraction of sp³-hybridized carbons (Fsp3) is 0.292. The first-order valence-corrected chi connectivity index (χ1v) is 11.1. The molecule has 3 aromatic rings. The zero-order valence-electron chi connectivity index (χ0n) is 18.5. The average Bonchev–Trinajstić information content (AvgIpc) is 3.16. The summed E-state index contributed by atoms with van der Waals surface area (Å²) in [7, 11) is 2.44. The number of hydrogen-bond donors (Lipinski definition) is 1. The molecule has 3 heterocycles. The Morgan fingerprint density at radius 2 is 1.88 bits per heavy atom. The lowest BCUT2D eigenvalue weighted by atomic mass is 9.95. The minimum Gasteiger partial charge on any atom is -0.465 e. The summed E-state index contributed by atoms with van der Waals surface area (Å²) in [5.41, 5.74) is 1.98. The number of rotatable bonds is 4. The fourth-order valence-corrected chi connectivity index (χ4v) is 4.62. The molecule has 0 bridgehead atoms. The Hall–Kier alpha value is -3.17. The maximum Gasteiger partial charge on any atom is 0.374 e. The molecule has 0 amide bonds. The van der Waals surface area contributed by atoms with Gasteiger partial charge in [0.1, 0.15) is 23.4 Å². The van der Waals surface area contributed by atoms with Gasteiger partial charge in [-0.1, -0.05) is 28.1 Å². The van der Waals surface area contributed by atoms with Crippen molar-refractivity contribution in [1.29, 1.82) is 0 Å². The number of halogens is 1. The summed E-state index contributed by atoms with van der Waals surface area (Å²) in [6.45, 7) is 3.84. The molecule has 33 heavy (non-hydrogen) atoms. The van der Waals surface area contributed by atoms with Gasteiger partial charge >= 0.3 is 11.9 Å². The number of esters is 2. The topological polar surface area (TPSA) is 102 Å². The molecule has 2 atom stereocenters. The second-order valence-electron chi connectivity index (χ2n) is 7.84. The van der Waals surface area contributed by atoms with Crippen molar-refractivity contribution < 1.29 is 28.6 Å². The van der Waals surface area contributed by atoms with Crippen LogP contribution in [0.5, 0.6) is 0 Å². The summed E-state index contributed by atoms with van der Waals surface area (Å²) >= 11 is 3.47. The van der Waals surface area contributed by atoms with Crippen LogP contribution in [0, 0.1) is 0 Å². The molecule has 9 heteroatoms. The Bertz CT molecular complexity index is 1210. The molecule has 1 aliphatic rings. The van der Waals surface area contributed by atoms with E-state index in [2.05, 4.69) is 20.9 Å². The molecule has 1 aliphatic heterocycles. The number of hydrogen-bond acceptors (Lipinski definition) is 8. The average molecular weight is 515 g/mol. The van der Waals surface area contributed by atoms with Gasteiger partial charge in [0, 0.05) is 22.3 Å². The molecule has 0 fully saturated rings. The van der Waals surface area contributed by atoms with E-state index in [4.69, 9.17) is 13.9 Å². The van der Waals surface area contributed by atoms with Crippen LogP contribution in [0.4, 0.5) is 5.69 Å². The maximum absolute atomic E-state index is 13.0. The van der Waals surface area contributed by atoms with Crippen molar-refractivity contribution in [1.82, 2.24) is 4.98 Å². The van der Waals surface area contributed by atoms with E-state index >= 15 is 0 Å². The van der Waals surface area contributed by atoms with E-state index in [1.54, 1.807) is 24.4 Å². The van der Waals surface area contributed by atoms with Crippen LogP contribution in [-0.4, -0.2) is 42.3 Å². The Labute approximate surface area is 199 Å². The van der Waals surface area contributed by atoms with Crippen LogP contribution in [0.3, 0.4) is 0 Å². The molecule has 172 valence electrons. The molecule has 0 aliphatic carbocycles. The van der Waals surface area contributed by atoms with E-state index in [1.807, 2.05) is 36.9 Å². The van der Waals surface area contributed by atoms with Crippen LogP contribution in [0.1, 0.15) is 58.2 Å². The van der Waals surface area contributed by atoms with Crippen molar-refractivity contribution >= 4 is 33.6 Å². The molecular formula is C24H23BrN2O6. The summed E-state index contributed by atoms with van der Waals surface area (Å²) in [6, 6.07) is 9.90. The number of furan rings is 1. The van der Waals surface area contributed by atoms with E-state index in [1.165, 1.54) is 14.2 Å². The molecule has 0 radical (unpaired) electrons. The minimum absolute atomic E-state index is 0.0611. The van der Waals surface area contributed by atoms with Gasteiger partial charge in [0.2, 0.25) is 5.76 Å². The molecule has 2 aromatic heterocycles. The van der Waals surface area contributed by atoms with Crippen molar-refractivity contribution in [2.24, 2.45) is 0 Å². The molecule has 0 spiro atoms. The number of ether oxygens (including phenoxy) is 2. The van der Waals surface area contributed by atoms with Gasteiger partial charge in [-0.2, -0.15) is 0 Å². The zero-order chi connectivity index (χ0) is 23.9. The minimum atomic E-state index is -1.01. The number of fused-ring (bicyclic) bond motifs is 3. The van der Waals surface area contributed by atoms with Crippen LogP contribution < -0.4 is 4.90 Å². The van der Waals surface area contributed by atoms with Gasteiger partial charge in [-0.05, 0) is 43.7 Å². The summed E-state index contributed by atoms with van der Waals surface area (Å²) in [5.74, 6) is -1.56. The van der Waals surface area contributed by atoms with Gasteiger partial charge in [-0.15, -0.1) is 0 Å². The number of aliphatic hydroxyl groups is 1. The highest BCUT2D eigenvalue weighted by atomic mass is 79.9. The smallest absolute Gasteiger partial charge is 0.374 e. The van der Waals surface area contributed by atoms with Crippen LogP contribution >= 0.6 is 15.9 Å². The highest BCUT2D eigenvalue weighted by Gasteiger charge is 2.44. The fourth-order valence-electron chi connectivity index (χ4n) is 4.26. The third-order valence-electron chi connectivity index (χ3n) is 5.63. The largest absolute Gasteiger partial charge is 0.465 e. The number of carbonyl (C=O) groups excluding carboxylic acids is 2. The lowest BCUT2D eigenvalue weighted by Gasteiger charge is -2.37. The quantitative estimate of drug-likeness (QED) is 0.500. The lowest BCUT2D eigenvalue weighted by molar-refractivity contribution is 0.0529. The van der Waals surface area contributed by atoms with Crippen LogP contribution in [-0.2, 0) is 9.47 Å². The Morgan fingerprint density at radius 3 is 2.48 bits per heavy atom. The van der Waals surface area contributed by atoms with Crippen molar-refractivity contribution in [2.45, 2.75) is 32.0 Å². The first-order valence-electron chi connectivity index (χ1n) is 10.3. The number of carbonyl (C=O) groups is 2. The van der Waals surface area contributed by atoms with E-state index in [0.29, 0.717) is 22.5 Å². The SMILES string of the molecule is COC(=O)c1oc2c(c1C(=O)OC)N(C(C)C)[C@H](c1ccccn1)[C@H](O)c1ccc(Br)cc1-2. The van der Waals surface area contributed by atoms with Gasteiger partial charge < -0.3 is 23.9 Å². The summed E-state index contributed by atoms with van der Waals surface area (Å²) in [4.78, 5) is 31.9. The second-order valence-corrected chi connectivity index (χ2v) is 8.76. The summed E-state index contributed by atoms with van der Waals surface area (Å²) < 4.78 is 16.7. The number of nitrogens with zero attached hydrogens (tertiary/aromatic N) is 2. The molecule has 4 rings (SSSR count). The Balaban J connectivity index is 2.15. The highest BCUT2D eigenvalue weighted by Crippen LogP contribution is 2.52. The predicted octanol–water partition coefficient (Wildman–Crippen LogP) is 4.68. The van der Waals surface area contributed by atoms with Crippen molar-refractivity contribution in [3.05, 3.63) is 69.6 Å². The number of aromatic nitrogens is 1. The molecule has 0 unspecified atom stereocenters. The molecule has 1 N–H and O–H groups in total. The third-order valence-corrected chi connectivity index (χ3v) is 6.12. The number of benzene rings is 1. The Kier molecular flexibility index (Phi) is 6.27. The van der Waals surface area contributed by atoms with Crippen LogP contribution in [0.25, 0.3) is 11.3 Å². The van der Waals surface area contributed by atoms with Crippen molar-refractivity contribution in [3.8, 4) is 11.3 Å². The highest BCUT2D eigenvalue weighted by molar-refractivity contribution is 9.10. The van der Waals surface area contributed by atoms with E-state index < -0.39 is 24.1 Å². The monoisotopic (exact) mass is 514 g/mol. The van der Waals surface area contributed by atoms with Crippen LogP contribution in [0.15, 0.2) is 51.5 Å². The van der Waals surface area contributed by atoms with Crippen LogP contribution in [0.2, 0.25) is 0 Å². The standard InChI is InChI=1S/C24H23BrN2O6/c1-12(2)27-18(16-7-5-6-10-26-16)20(28)14-9-8-13(25)11-15(14)21-19(27)17(23(29)31-3)22(33-21)24(30)32-4/h5-12,18,20,28H,1-4H3/t18-,20-/m1/s1. The number of methoxy groups -OCH3 is 2. The van der Waals surface area contributed by atoms with Gasteiger partial charge in [0.25, 0.3) is 0 Å². The van der Waals surface area contributed by atoms with Gasteiger partial charge in [0.05, 0.1) is 19.9 Å². The third kappa shape index (κ3) is 3.81. The molecule has 8 nitrogen and oxygen atoms in total. The first kappa shape index (κ1) is 23.0. The molecule has 1 aromatic carbocycles. The Morgan fingerprint density at radius 1 is 1.15 bits per heavy atom. The van der Waals surface area contributed by atoms with Crippen molar-refractivity contribution in [2.75, 3.05) is 19.1 Å².